The number of β-lactam (4-membered cyclic amide) rings is 1. The molecule has 0 bridgehead atoms. The Balaban J connectivity index is 1.32. The number of nitrogens with one attached hydrogen (secondary N) is 5. The molecule has 4 amide bonds. The summed E-state index contributed by atoms with van der Waals surface area (Å²) in [6, 6.07) is 2.53. The third-order valence-corrected chi connectivity index (χ3v) is 9.92. The first-order valence-corrected chi connectivity index (χ1v) is 15.5. The van der Waals surface area contributed by atoms with Gasteiger partial charge in [-0.2, -0.15) is 5.10 Å². The summed E-state index contributed by atoms with van der Waals surface area (Å²) < 4.78 is 0.430. The number of aliphatic carboxylic acids is 1. The highest BCUT2D eigenvalue weighted by Gasteiger charge is 2.54. The molecule has 0 spiro atoms. The Bertz CT molecular complexity index is 1850. The van der Waals surface area contributed by atoms with E-state index in [0.29, 0.717) is 9.91 Å². The van der Waals surface area contributed by atoms with E-state index in [2.05, 4.69) is 31.2 Å². The lowest BCUT2D eigenvalue weighted by Crippen LogP contribution is -2.71. The van der Waals surface area contributed by atoms with Crippen molar-refractivity contribution in [2.75, 3.05) is 18.6 Å². The molecule has 3 aromatic rings. The van der Waals surface area contributed by atoms with Crippen LogP contribution in [-0.2, 0) is 14.4 Å². The van der Waals surface area contributed by atoms with Gasteiger partial charge in [0.05, 0.1) is 0 Å². The lowest BCUT2D eigenvalue weighted by Gasteiger charge is -2.49. The number of fused-ring (bicyclic) bond motifs is 1. The number of benzene rings is 1. The predicted molar refractivity (Wildman–Crippen MR) is 158 cm³/mol. The van der Waals surface area contributed by atoms with Gasteiger partial charge in [-0.3, -0.25) is 33.9 Å². The average Bonchev–Trinajstić information content (AvgIpc) is 3.50. The van der Waals surface area contributed by atoms with Gasteiger partial charge in [0.1, 0.15) is 28.9 Å². The van der Waals surface area contributed by atoms with E-state index >= 15 is 0 Å². The number of hydrogen-bond acceptors (Lipinski definition) is 14. The zero-order chi connectivity index (χ0) is 32.4. The van der Waals surface area contributed by atoms with Crippen molar-refractivity contribution in [2.24, 2.45) is 0 Å². The molecule has 1 aromatic carbocycles. The molecule has 21 heteroatoms. The van der Waals surface area contributed by atoms with Crippen molar-refractivity contribution in [1.82, 2.24) is 46.2 Å². The third kappa shape index (κ3) is 6.44. The van der Waals surface area contributed by atoms with Crippen molar-refractivity contribution in [3.05, 3.63) is 72.6 Å². The molecule has 18 nitrogen and oxygen atoms in total. The monoisotopic (exact) mass is 675 g/mol. The molecule has 7 N–H and O–H groups in total. The van der Waals surface area contributed by atoms with Crippen LogP contribution in [0, 0.1) is 0 Å². The molecule has 0 radical (unpaired) electrons. The summed E-state index contributed by atoms with van der Waals surface area (Å²) in [6.45, 7) is 0. The van der Waals surface area contributed by atoms with Crippen LogP contribution in [0.3, 0.4) is 0 Å². The number of phenolic OH excluding ortho intramolecular Hbond substituents is 1. The number of amides is 4. The van der Waals surface area contributed by atoms with Gasteiger partial charge in [-0.05, 0) is 23.3 Å². The minimum absolute atomic E-state index is 0.133. The van der Waals surface area contributed by atoms with Gasteiger partial charge in [0.25, 0.3) is 23.3 Å². The highest BCUT2D eigenvalue weighted by molar-refractivity contribution is 8.01. The van der Waals surface area contributed by atoms with Crippen LogP contribution in [0.5, 0.6) is 5.75 Å². The Labute approximate surface area is 263 Å². The topological polar surface area (TPSA) is 270 Å². The van der Waals surface area contributed by atoms with Crippen molar-refractivity contribution in [2.45, 2.75) is 21.8 Å². The van der Waals surface area contributed by atoms with E-state index in [4.69, 9.17) is 0 Å². The van der Waals surface area contributed by atoms with E-state index in [-0.39, 0.29) is 33.5 Å². The van der Waals surface area contributed by atoms with E-state index in [1.54, 1.807) is 0 Å². The van der Waals surface area contributed by atoms with E-state index < -0.39 is 64.0 Å². The second kappa shape index (κ2) is 12.9. The highest BCUT2D eigenvalue weighted by atomic mass is 32.2. The molecule has 2 unspecified atom stereocenters. The number of hydrogen-bond donors (Lipinski definition) is 7. The molecule has 2 aromatic heterocycles. The number of aromatic hydroxyl groups is 1. The highest BCUT2D eigenvalue weighted by Crippen LogP contribution is 2.42. The number of carboxylic acids is 1. The molecule has 0 saturated carbocycles. The number of aromatic nitrogens is 5. The summed E-state index contributed by atoms with van der Waals surface area (Å²) >= 11 is 3.41. The normalized spacial score (nSPS) is 18.0. The first-order valence-electron chi connectivity index (χ1n) is 12.7. The Hall–Kier alpha value is -5.02. The molecule has 0 aliphatic carbocycles. The summed E-state index contributed by atoms with van der Waals surface area (Å²) in [6.07, 6.45) is 0. The summed E-state index contributed by atoms with van der Waals surface area (Å²) in [5.41, 5.74) is -2.43. The second-order valence-corrected chi connectivity index (χ2v) is 12.6. The molecule has 3 atom stereocenters. The molecule has 1 saturated heterocycles. The first-order chi connectivity index (χ1) is 21.5. The lowest BCUT2D eigenvalue weighted by molar-refractivity contribution is -0.151. The van der Waals surface area contributed by atoms with Gasteiger partial charge < -0.3 is 26.2 Å². The molecule has 234 valence electrons. The Kier molecular flexibility index (Phi) is 9.01. The molecule has 2 aliphatic rings. The van der Waals surface area contributed by atoms with Crippen LogP contribution in [0.25, 0.3) is 0 Å². The SMILES string of the molecule is CNC(=O)c1nnc(SCC2=C(C(=O)O)N3C(=O)C(NC(=O)C(NC(=O)c4n[nH]c(=O)[nH]c4=O)c4ccc(O)cc4)[C@H]3SC2)s1. The number of thioether (sulfide) groups is 2. The fraction of sp³-hybridized carbons (Fsp3) is 0.250. The molecule has 45 heavy (non-hydrogen) atoms. The second-order valence-electron chi connectivity index (χ2n) is 9.25. The van der Waals surface area contributed by atoms with Crippen LogP contribution in [-0.4, -0.2) is 100 Å². The van der Waals surface area contributed by atoms with Crippen LogP contribution in [0.4, 0.5) is 0 Å². The van der Waals surface area contributed by atoms with Crippen LogP contribution in [0.1, 0.15) is 31.9 Å². The van der Waals surface area contributed by atoms with Crippen LogP contribution in [0.15, 0.2) is 49.5 Å². The van der Waals surface area contributed by atoms with Gasteiger partial charge in [-0.15, -0.1) is 22.0 Å². The number of carbonyl (C=O) groups is 5. The van der Waals surface area contributed by atoms with Crippen molar-refractivity contribution in [3.8, 4) is 5.75 Å². The minimum atomic E-state index is -1.49. The lowest BCUT2D eigenvalue weighted by atomic mass is 10.0. The Morgan fingerprint density at radius 1 is 1.13 bits per heavy atom. The van der Waals surface area contributed by atoms with Gasteiger partial charge in [0, 0.05) is 18.6 Å². The number of nitrogens with zero attached hydrogens (tertiary/aromatic N) is 4. The minimum Gasteiger partial charge on any atom is -0.508 e. The summed E-state index contributed by atoms with van der Waals surface area (Å²) in [5, 5.41) is 39.4. The molecule has 2 aliphatic heterocycles. The Morgan fingerprint density at radius 2 is 1.87 bits per heavy atom. The molecule has 5 rings (SSSR count). The van der Waals surface area contributed by atoms with E-state index in [9.17, 15) is 43.8 Å². The quantitative estimate of drug-likeness (QED) is 0.0940. The number of aromatic amines is 2. The summed E-state index contributed by atoms with van der Waals surface area (Å²) in [7, 11) is 1.45. The molecule has 1 fully saturated rings. The van der Waals surface area contributed by atoms with Gasteiger partial charge in [-0.25, -0.2) is 14.7 Å². The van der Waals surface area contributed by atoms with Crippen LogP contribution in [0.2, 0.25) is 0 Å². The van der Waals surface area contributed by atoms with Crippen LogP contribution >= 0.6 is 34.9 Å². The van der Waals surface area contributed by atoms with Gasteiger partial charge in [0.2, 0.25) is 16.6 Å². The smallest absolute Gasteiger partial charge is 0.352 e. The number of rotatable bonds is 10. The van der Waals surface area contributed by atoms with Gasteiger partial charge in [-0.1, -0.05) is 35.2 Å². The molecular formula is C24H21N9O9S3. The standard InChI is InChI=1S/C24H21N9O9S3/c1-25-18(38)19-30-32-24(45-19)44-7-9-6-43-21-13(20(39)33(21)14(9)22(40)41)27-15(35)11(8-2-4-10(34)5-3-8)26-16(36)12-17(37)28-23(42)31-29-12/h2-5,11,13,21,34H,6-7H2,1H3,(H,25,38)(H,26,36)(H,27,35)(H,40,41)(H2,28,31,37,42)/t11?,13?,21-/m1/s1. The third-order valence-electron chi connectivity index (χ3n) is 6.44. The molecular weight excluding hydrogens is 655 g/mol. The zero-order valence-corrected chi connectivity index (χ0v) is 25.2. The zero-order valence-electron chi connectivity index (χ0n) is 22.7. The van der Waals surface area contributed by atoms with Crippen LogP contribution < -0.4 is 27.2 Å². The first kappa shape index (κ1) is 31.4. The van der Waals surface area contributed by atoms with Crippen molar-refractivity contribution in [1.29, 1.82) is 0 Å². The van der Waals surface area contributed by atoms with E-state index in [0.717, 1.165) is 28.0 Å². The molecule has 4 heterocycles. The summed E-state index contributed by atoms with van der Waals surface area (Å²) in [4.78, 5) is 89.8. The number of carboxylic acid groups (broad SMARTS) is 1. The van der Waals surface area contributed by atoms with Crippen molar-refractivity contribution < 1.29 is 34.2 Å². The predicted octanol–water partition coefficient (Wildman–Crippen LogP) is -1.62. The van der Waals surface area contributed by atoms with Gasteiger partial charge >= 0.3 is 11.7 Å². The maximum absolute atomic E-state index is 13.5. The van der Waals surface area contributed by atoms with E-state index in [1.807, 2.05) is 10.1 Å². The van der Waals surface area contributed by atoms with Crippen molar-refractivity contribution >= 4 is 64.5 Å². The maximum atomic E-state index is 13.5. The van der Waals surface area contributed by atoms with Gasteiger partial charge in [0.15, 0.2) is 4.34 Å². The fourth-order valence-corrected chi connectivity index (χ4v) is 7.60. The number of carbonyl (C=O) groups excluding carboxylic acids is 4. The summed E-state index contributed by atoms with van der Waals surface area (Å²) in [5.74, 6) is -4.23. The fourth-order valence-electron chi connectivity index (χ4n) is 4.31. The maximum Gasteiger partial charge on any atom is 0.352 e. The Morgan fingerprint density at radius 3 is 2.53 bits per heavy atom. The largest absolute Gasteiger partial charge is 0.508 e. The van der Waals surface area contributed by atoms with Crippen molar-refractivity contribution in [3.63, 3.8) is 0 Å². The number of H-pyrrole nitrogens is 2. The average molecular weight is 676 g/mol. The van der Waals surface area contributed by atoms with E-state index in [1.165, 1.54) is 43.1 Å². The number of phenols is 1.